The summed E-state index contributed by atoms with van der Waals surface area (Å²) < 4.78 is 5.55. The van der Waals surface area contributed by atoms with Gasteiger partial charge < -0.3 is 14.3 Å². The number of hydrogen-bond donors (Lipinski definition) is 1. The van der Waals surface area contributed by atoms with Gasteiger partial charge in [-0.1, -0.05) is 0 Å². The fourth-order valence-electron chi connectivity index (χ4n) is 3.19. The van der Waals surface area contributed by atoms with Gasteiger partial charge in [-0.2, -0.15) is 0 Å². The van der Waals surface area contributed by atoms with Crippen LogP contribution >= 0.6 is 0 Å². The summed E-state index contributed by atoms with van der Waals surface area (Å²) in [5.41, 5.74) is 0.831. The lowest BCUT2D eigenvalue weighted by atomic mass is 9.89. The van der Waals surface area contributed by atoms with Crippen molar-refractivity contribution in [3.8, 4) is 0 Å². The zero-order valence-corrected chi connectivity index (χ0v) is 13.5. The molecule has 2 atom stereocenters. The van der Waals surface area contributed by atoms with Gasteiger partial charge in [-0.05, 0) is 32.8 Å². The number of nitrogens with zero attached hydrogens (tertiary/aromatic N) is 3. The SMILES string of the molecule is Cc1cc(C(=O)N2CCC[C@H](c3nnc(C)o3)[C@@H]2C)cc(=O)[nH]1. The third-order valence-electron chi connectivity index (χ3n) is 4.33. The highest BCUT2D eigenvalue weighted by Gasteiger charge is 2.35. The summed E-state index contributed by atoms with van der Waals surface area (Å²) in [7, 11) is 0. The number of pyridine rings is 1. The Morgan fingerprint density at radius 2 is 2.13 bits per heavy atom. The van der Waals surface area contributed by atoms with E-state index in [1.165, 1.54) is 6.07 Å². The summed E-state index contributed by atoms with van der Waals surface area (Å²) in [6.07, 6.45) is 1.77. The second kappa shape index (κ2) is 5.98. The predicted molar refractivity (Wildman–Crippen MR) is 83.3 cm³/mol. The molecule has 0 aromatic carbocycles. The largest absolute Gasteiger partial charge is 0.425 e. The fraction of sp³-hybridized carbons (Fsp3) is 0.500. The van der Waals surface area contributed by atoms with E-state index in [1.807, 2.05) is 6.92 Å². The molecule has 1 aliphatic rings. The molecule has 7 nitrogen and oxygen atoms in total. The van der Waals surface area contributed by atoms with Gasteiger partial charge in [0.2, 0.25) is 17.3 Å². The molecule has 0 radical (unpaired) electrons. The van der Waals surface area contributed by atoms with E-state index in [2.05, 4.69) is 15.2 Å². The van der Waals surface area contributed by atoms with E-state index in [9.17, 15) is 9.59 Å². The van der Waals surface area contributed by atoms with Crippen LogP contribution in [0.1, 0.15) is 53.5 Å². The first-order valence-corrected chi connectivity index (χ1v) is 7.77. The molecule has 2 aromatic heterocycles. The molecule has 3 rings (SSSR count). The van der Waals surface area contributed by atoms with E-state index >= 15 is 0 Å². The van der Waals surface area contributed by atoms with Crippen LogP contribution in [0, 0.1) is 13.8 Å². The molecule has 0 saturated carbocycles. The third kappa shape index (κ3) is 3.04. The van der Waals surface area contributed by atoms with E-state index in [-0.39, 0.29) is 23.4 Å². The summed E-state index contributed by atoms with van der Waals surface area (Å²) >= 11 is 0. The number of amides is 1. The molecular formula is C16H20N4O3. The first-order chi connectivity index (χ1) is 11.0. The molecule has 0 bridgehead atoms. The fourth-order valence-corrected chi connectivity index (χ4v) is 3.19. The minimum Gasteiger partial charge on any atom is -0.425 e. The van der Waals surface area contributed by atoms with Crippen LogP contribution in [0.15, 0.2) is 21.3 Å². The van der Waals surface area contributed by atoms with Crippen molar-refractivity contribution in [2.75, 3.05) is 6.54 Å². The number of piperidine rings is 1. The summed E-state index contributed by atoms with van der Waals surface area (Å²) in [6, 6.07) is 3.00. The Kier molecular flexibility index (Phi) is 4.02. The zero-order valence-electron chi connectivity index (χ0n) is 13.5. The molecule has 1 amide bonds. The number of aromatic nitrogens is 3. The van der Waals surface area contributed by atoms with Gasteiger partial charge in [0, 0.05) is 36.8 Å². The van der Waals surface area contributed by atoms with Crippen molar-refractivity contribution in [3.05, 3.63) is 45.5 Å². The van der Waals surface area contributed by atoms with Crippen molar-refractivity contribution in [2.45, 2.75) is 45.6 Å². The van der Waals surface area contributed by atoms with Crippen molar-refractivity contribution in [3.63, 3.8) is 0 Å². The molecule has 2 aromatic rings. The number of nitrogens with one attached hydrogen (secondary N) is 1. The van der Waals surface area contributed by atoms with Crippen molar-refractivity contribution in [1.29, 1.82) is 0 Å². The van der Waals surface area contributed by atoms with Gasteiger partial charge in [0.25, 0.3) is 5.91 Å². The Bertz CT molecular complexity index is 780. The molecule has 7 heteroatoms. The minimum atomic E-state index is -0.262. The monoisotopic (exact) mass is 316 g/mol. The number of H-pyrrole nitrogens is 1. The van der Waals surface area contributed by atoms with Gasteiger partial charge in [-0.3, -0.25) is 9.59 Å². The van der Waals surface area contributed by atoms with Crippen LogP contribution in [-0.4, -0.2) is 38.6 Å². The van der Waals surface area contributed by atoms with Gasteiger partial charge >= 0.3 is 0 Å². The van der Waals surface area contributed by atoms with E-state index < -0.39 is 0 Å². The normalized spacial score (nSPS) is 21.4. The molecule has 1 fully saturated rings. The molecule has 0 unspecified atom stereocenters. The molecule has 0 spiro atoms. The molecule has 1 saturated heterocycles. The standard InChI is InChI=1S/C16H20N4O3/c1-9-7-12(8-14(21)17-9)16(22)20-6-4-5-13(10(20)2)15-19-18-11(3)23-15/h7-8,10,13H,4-6H2,1-3H3,(H,17,21)/t10-,13-/m0/s1. The van der Waals surface area contributed by atoms with E-state index in [0.29, 0.717) is 29.6 Å². The van der Waals surface area contributed by atoms with Crippen LogP contribution in [0.5, 0.6) is 0 Å². The van der Waals surface area contributed by atoms with Crippen LogP contribution in [0.2, 0.25) is 0 Å². The average molecular weight is 316 g/mol. The summed E-state index contributed by atoms with van der Waals surface area (Å²) in [5, 5.41) is 7.99. The van der Waals surface area contributed by atoms with Crippen LogP contribution in [0.3, 0.4) is 0 Å². The Morgan fingerprint density at radius 1 is 1.35 bits per heavy atom. The molecular weight excluding hydrogens is 296 g/mol. The maximum atomic E-state index is 12.8. The number of aryl methyl sites for hydroxylation is 2. The highest BCUT2D eigenvalue weighted by molar-refractivity contribution is 5.94. The first kappa shape index (κ1) is 15.5. The number of likely N-dealkylation sites (tertiary alicyclic amines) is 1. The van der Waals surface area contributed by atoms with Crippen molar-refractivity contribution in [1.82, 2.24) is 20.1 Å². The highest BCUT2D eigenvalue weighted by Crippen LogP contribution is 2.32. The van der Waals surface area contributed by atoms with E-state index in [1.54, 1.807) is 24.8 Å². The number of carbonyl (C=O) groups is 1. The average Bonchev–Trinajstić information content (AvgIpc) is 2.92. The number of aromatic amines is 1. The Balaban J connectivity index is 1.86. The van der Waals surface area contributed by atoms with Crippen molar-refractivity contribution < 1.29 is 9.21 Å². The molecule has 122 valence electrons. The van der Waals surface area contributed by atoms with E-state index in [4.69, 9.17) is 4.42 Å². The van der Waals surface area contributed by atoms with E-state index in [0.717, 1.165) is 12.8 Å². The topological polar surface area (TPSA) is 92.1 Å². The first-order valence-electron chi connectivity index (χ1n) is 7.77. The number of rotatable bonds is 2. The van der Waals surface area contributed by atoms with Crippen LogP contribution in [-0.2, 0) is 0 Å². The Hall–Kier alpha value is -2.44. The van der Waals surface area contributed by atoms with Crippen LogP contribution in [0.25, 0.3) is 0 Å². The zero-order chi connectivity index (χ0) is 16.6. The molecule has 0 aliphatic carbocycles. The number of hydrogen-bond acceptors (Lipinski definition) is 5. The summed E-state index contributed by atoms with van der Waals surface area (Å²) in [5.74, 6) is 1.00. The van der Waals surface area contributed by atoms with Gasteiger partial charge in [0.05, 0.1) is 5.92 Å². The van der Waals surface area contributed by atoms with Crippen LogP contribution in [0.4, 0.5) is 0 Å². The molecule has 23 heavy (non-hydrogen) atoms. The second-order valence-corrected chi connectivity index (χ2v) is 6.06. The lowest BCUT2D eigenvalue weighted by Gasteiger charge is -2.38. The summed E-state index contributed by atoms with van der Waals surface area (Å²) in [6.45, 7) is 6.17. The third-order valence-corrected chi connectivity index (χ3v) is 4.33. The molecule has 3 heterocycles. The lowest BCUT2D eigenvalue weighted by molar-refractivity contribution is 0.0582. The van der Waals surface area contributed by atoms with Gasteiger partial charge in [0.15, 0.2) is 0 Å². The molecule has 1 N–H and O–H groups in total. The number of carbonyl (C=O) groups excluding carboxylic acids is 1. The maximum Gasteiger partial charge on any atom is 0.254 e. The maximum absolute atomic E-state index is 12.8. The Morgan fingerprint density at radius 3 is 2.78 bits per heavy atom. The van der Waals surface area contributed by atoms with Crippen molar-refractivity contribution in [2.24, 2.45) is 0 Å². The minimum absolute atomic E-state index is 0.0250. The second-order valence-electron chi connectivity index (χ2n) is 6.06. The predicted octanol–water partition coefficient (Wildman–Crippen LogP) is 1.78. The molecule has 1 aliphatic heterocycles. The smallest absolute Gasteiger partial charge is 0.254 e. The van der Waals surface area contributed by atoms with Crippen LogP contribution < -0.4 is 5.56 Å². The summed E-state index contributed by atoms with van der Waals surface area (Å²) in [4.78, 5) is 28.9. The van der Waals surface area contributed by atoms with Gasteiger partial charge in [-0.25, -0.2) is 0 Å². The van der Waals surface area contributed by atoms with Gasteiger partial charge in [0.1, 0.15) is 0 Å². The lowest BCUT2D eigenvalue weighted by Crippen LogP contribution is -2.46. The van der Waals surface area contributed by atoms with Crippen molar-refractivity contribution >= 4 is 5.91 Å². The van der Waals surface area contributed by atoms with Gasteiger partial charge in [-0.15, -0.1) is 10.2 Å². The highest BCUT2D eigenvalue weighted by atomic mass is 16.4. The quantitative estimate of drug-likeness (QED) is 0.912. The Labute approximate surface area is 133 Å².